The van der Waals surface area contributed by atoms with Gasteiger partial charge in [-0.25, -0.2) is 0 Å². The lowest BCUT2D eigenvalue weighted by Crippen LogP contribution is -2.54. The minimum Gasteiger partial charge on any atom is -0.375 e. The van der Waals surface area contributed by atoms with Crippen LogP contribution in [0, 0.1) is 0 Å². The standard InChI is InChI=1S/C22H48O4Si/c1-6-7-8-9-10-11-12-13-14-15-16-17-18-19-20-21-26-22(2)27(23-3,24-4)25-5/h22H,6-21H2,1-5H3. The first-order valence-electron chi connectivity index (χ1n) is 11.4. The molecule has 1 unspecified atom stereocenters. The number of hydrogen-bond donors (Lipinski definition) is 0. The predicted molar refractivity (Wildman–Crippen MR) is 117 cm³/mol. The van der Waals surface area contributed by atoms with Crippen LogP contribution in [0.3, 0.4) is 0 Å². The highest BCUT2D eigenvalue weighted by Gasteiger charge is 2.45. The molecule has 0 aliphatic heterocycles. The number of ether oxygens (including phenoxy) is 1. The zero-order valence-corrected chi connectivity index (χ0v) is 20.0. The molecule has 0 saturated carbocycles. The van der Waals surface area contributed by atoms with Crippen LogP contribution in [0.2, 0.25) is 0 Å². The monoisotopic (exact) mass is 404 g/mol. The molecule has 0 amide bonds. The zero-order chi connectivity index (χ0) is 20.2. The van der Waals surface area contributed by atoms with Crippen LogP contribution in [0.1, 0.15) is 110 Å². The van der Waals surface area contributed by atoms with Gasteiger partial charge in [-0.15, -0.1) is 0 Å². The van der Waals surface area contributed by atoms with Crippen molar-refractivity contribution in [3.63, 3.8) is 0 Å². The summed E-state index contributed by atoms with van der Waals surface area (Å²) in [5, 5.41) is 0. The summed E-state index contributed by atoms with van der Waals surface area (Å²) >= 11 is 0. The van der Waals surface area contributed by atoms with Crippen molar-refractivity contribution in [2.45, 2.75) is 116 Å². The highest BCUT2D eigenvalue weighted by atomic mass is 28.4. The average Bonchev–Trinajstić information content (AvgIpc) is 2.69. The van der Waals surface area contributed by atoms with Crippen LogP contribution < -0.4 is 0 Å². The fraction of sp³-hybridized carbons (Fsp3) is 1.00. The maximum Gasteiger partial charge on any atom is 0.530 e. The van der Waals surface area contributed by atoms with E-state index in [0.29, 0.717) is 0 Å². The number of unbranched alkanes of at least 4 members (excludes halogenated alkanes) is 14. The van der Waals surface area contributed by atoms with E-state index in [4.69, 9.17) is 18.0 Å². The second-order valence-corrected chi connectivity index (χ2v) is 10.9. The van der Waals surface area contributed by atoms with E-state index >= 15 is 0 Å². The van der Waals surface area contributed by atoms with Gasteiger partial charge >= 0.3 is 8.80 Å². The normalized spacial score (nSPS) is 13.2. The van der Waals surface area contributed by atoms with E-state index in [1.54, 1.807) is 21.3 Å². The van der Waals surface area contributed by atoms with Crippen molar-refractivity contribution < 1.29 is 18.0 Å². The lowest BCUT2D eigenvalue weighted by molar-refractivity contribution is 0.0198. The molecule has 0 aromatic carbocycles. The molecule has 0 rings (SSSR count). The molecule has 0 N–H and O–H groups in total. The molecular formula is C22H48O4Si. The van der Waals surface area contributed by atoms with Crippen LogP contribution in [0.4, 0.5) is 0 Å². The highest BCUT2D eigenvalue weighted by molar-refractivity contribution is 6.61. The molecule has 0 fully saturated rings. The lowest BCUT2D eigenvalue weighted by atomic mass is 10.0. The minimum atomic E-state index is -2.65. The SMILES string of the molecule is CCCCCCCCCCCCCCCCCOC(C)[Si](OC)(OC)OC. The molecule has 4 nitrogen and oxygen atoms in total. The van der Waals surface area contributed by atoms with Gasteiger partial charge in [-0.3, -0.25) is 0 Å². The molecule has 0 aromatic rings. The Kier molecular flexibility index (Phi) is 19.4. The van der Waals surface area contributed by atoms with Gasteiger partial charge in [0.05, 0.1) is 0 Å². The summed E-state index contributed by atoms with van der Waals surface area (Å²) < 4.78 is 22.2. The zero-order valence-electron chi connectivity index (χ0n) is 19.0. The van der Waals surface area contributed by atoms with Crippen LogP contribution >= 0.6 is 0 Å². The summed E-state index contributed by atoms with van der Waals surface area (Å²) in [5.74, 6) is 0. The fourth-order valence-electron chi connectivity index (χ4n) is 3.58. The number of hydrogen-bond acceptors (Lipinski definition) is 4. The van der Waals surface area contributed by atoms with E-state index in [9.17, 15) is 0 Å². The molecule has 0 aliphatic rings. The second kappa shape index (κ2) is 19.4. The van der Waals surface area contributed by atoms with Gasteiger partial charge in [0.2, 0.25) is 0 Å². The van der Waals surface area contributed by atoms with Crippen LogP contribution in [0.15, 0.2) is 0 Å². The van der Waals surface area contributed by atoms with Gasteiger partial charge in [0.15, 0.2) is 0 Å². The third-order valence-corrected chi connectivity index (χ3v) is 8.34. The fourth-order valence-corrected chi connectivity index (χ4v) is 5.40. The highest BCUT2D eigenvalue weighted by Crippen LogP contribution is 2.16. The Morgan fingerprint density at radius 2 is 0.889 bits per heavy atom. The average molecular weight is 405 g/mol. The Morgan fingerprint density at radius 3 is 1.22 bits per heavy atom. The predicted octanol–water partition coefficient (Wildman–Crippen LogP) is 6.68. The molecular weight excluding hydrogens is 356 g/mol. The Labute approximate surface area is 171 Å². The van der Waals surface area contributed by atoms with E-state index in [1.807, 2.05) is 6.92 Å². The molecule has 0 heterocycles. The first kappa shape index (κ1) is 27.1. The van der Waals surface area contributed by atoms with Gasteiger partial charge in [0.1, 0.15) is 5.73 Å². The first-order valence-corrected chi connectivity index (χ1v) is 13.2. The molecule has 0 aliphatic carbocycles. The topological polar surface area (TPSA) is 36.9 Å². The van der Waals surface area contributed by atoms with E-state index in [0.717, 1.165) is 13.0 Å². The first-order chi connectivity index (χ1) is 13.2. The Morgan fingerprint density at radius 1 is 0.556 bits per heavy atom. The summed E-state index contributed by atoms with van der Waals surface area (Å²) in [6.07, 6.45) is 20.7. The largest absolute Gasteiger partial charge is 0.530 e. The van der Waals surface area contributed by atoms with Gasteiger partial charge in [-0.2, -0.15) is 0 Å². The van der Waals surface area contributed by atoms with Crippen molar-refractivity contribution in [3.8, 4) is 0 Å². The minimum absolute atomic E-state index is 0.121. The molecule has 5 heteroatoms. The maximum atomic E-state index is 5.88. The van der Waals surface area contributed by atoms with Crippen LogP contribution in [-0.4, -0.2) is 42.5 Å². The molecule has 0 saturated heterocycles. The van der Waals surface area contributed by atoms with Crippen LogP contribution in [-0.2, 0) is 18.0 Å². The van der Waals surface area contributed by atoms with Crippen LogP contribution in [0.25, 0.3) is 0 Å². The Hall–Kier alpha value is 0.0569. The van der Waals surface area contributed by atoms with Crippen molar-refractivity contribution in [1.82, 2.24) is 0 Å². The third-order valence-electron chi connectivity index (χ3n) is 5.47. The molecule has 1 atom stereocenters. The van der Waals surface area contributed by atoms with Gasteiger partial charge in [-0.05, 0) is 13.3 Å². The number of rotatable bonds is 21. The molecule has 0 aromatic heterocycles. The van der Waals surface area contributed by atoms with Gasteiger partial charge in [0, 0.05) is 27.9 Å². The van der Waals surface area contributed by atoms with Gasteiger partial charge in [-0.1, -0.05) is 96.8 Å². The third kappa shape index (κ3) is 13.8. The summed E-state index contributed by atoms with van der Waals surface area (Å²) in [7, 11) is 2.24. The molecule has 164 valence electrons. The van der Waals surface area contributed by atoms with E-state index < -0.39 is 8.80 Å². The summed E-state index contributed by atoms with van der Waals surface area (Å²) in [4.78, 5) is 0. The molecule has 0 radical (unpaired) electrons. The quantitative estimate of drug-likeness (QED) is 0.158. The molecule has 0 bridgehead atoms. The van der Waals surface area contributed by atoms with Crippen molar-refractivity contribution >= 4 is 8.80 Å². The van der Waals surface area contributed by atoms with Gasteiger partial charge < -0.3 is 18.0 Å². The van der Waals surface area contributed by atoms with Crippen molar-refractivity contribution in [2.75, 3.05) is 27.9 Å². The van der Waals surface area contributed by atoms with Crippen molar-refractivity contribution in [3.05, 3.63) is 0 Å². The van der Waals surface area contributed by atoms with E-state index in [1.165, 1.54) is 89.9 Å². The smallest absolute Gasteiger partial charge is 0.375 e. The van der Waals surface area contributed by atoms with Crippen LogP contribution in [0.5, 0.6) is 0 Å². The summed E-state index contributed by atoms with van der Waals surface area (Å²) in [6.45, 7) is 5.02. The molecule has 27 heavy (non-hydrogen) atoms. The van der Waals surface area contributed by atoms with E-state index in [-0.39, 0.29) is 5.73 Å². The van der Waals surface area contributed by atoms with Gasteiger partial charge in [0.25, 0.3) is 0 Å². The van der Waals surface area contributed by atoms with E-state index in [2.05, 4.69) is 6.92 Å². The Balaban J connectivity index is 3.34. The lowest BCUT2D eigenvalue weighted by Gasteiger charge is -2.29. The van der Waals surface area contributed by atoms with Crippen molar-refractivity contribution in [1.29, 1.82) is 0 Å². The Bertz CT molecular complexity index is 290. The summed E-state index contributed by atoms with van der Waals surface area (Å²) in [5.41, 5.74) is -0.121. The second-order valence-electron chi connectivity index (χ2n) is 7.68. The summed E-state index contributed by atoms with van der Waals surface area (Å²) in [6, 6.07) is 0. The maximum absolute atomic E-state index is 5.88. The van der Waals surface area contributed by atoms with Crippen molar-refractivity contribution in [2.24, 2.45) is 0 Å². The molecule has 0 spiro atoms.